The van der Waals surface area contributed by atoms with E-state index in [0.717, 1.165) is 59.5 Å². The summed E-state index contributed by atoms with van der Waals surface area (Å²) in [5.41, 5.74) is -1.72. The summed E-state index contributed by atoms with van der Waals surface area (Å²) in [6.07, 6.45) is -9.15. The first-order valence-corrected chi connectivity index (χ1v) is 10.6. The van der Waals surface area contributed by atoms with E-state index in [1.807, 2.05) is 0 Å². The maximum Gasteiger partial charge on any atom is 0.416 e. The monoisotopic (exact) mass is 528 g/mol. The quantitative estimate of drug-likeness (QED) is 0.311. The van der Waals surface area contributed by atoms with Gasteiger partial charge in [-0.25, -0.2) is 14.0 Å². The van der Waals surface area contributed by atoms with Crippen LogP contribution in [0.3, 0.4) is 0 Å². The SMILES string of the molecule is O=C(NCCN(C(=O)Nc1cccc(C(F)(F)F)c1)c1ccc(F)cc1)Nc1ccc(C(F)(F)F)cc1. The van der Waals surface area contributed by atoms with Crippen LogP contribution in [0.1, 0.15) is 11.1 Å². The Morgan fingerprint density at radius 3 is 1.95 bits per heavy atom. The highest BCUT2D eigenvalue weighted by Crippen LogP contribution is 2.31. The summed E-state index contributed by atoms with van der Waals surface area (Å²) in [6, 6.07) is 10.7. The van der Waals surface area contributed by atoms with Gasteiger partial charge in [0.15, 0.2) is 0 Å². The summed E-state index contributed by atoms with van der Waals surface area (Å²) < 4.78 is 90.3. The van der Waals surface area contributed by atoms with Gasteiger partial charge in [-0.1, -0.05) is 6.07 Å². The van der Waals surface area contributed by atoms with Crippen LogP contribution in [0.15, 0.2) is 72.8 Å². The molecule has 13 heteroatoms. The number of amides is 4. The molecule has 0 bridgehead atoms. The lowest BCUT2D eigenvalue weighted by atomic mass is 10.2. The smallest absolute Gasteiger partial charge is 0.336 e. The van der Waals surface area contributed by atoms with Gasteiger partial charge in [-0.3, -0.25) is 4.90 Å². The van der Waals surface area contributed by atoms with Gasteiger partial charge in [0.05, 0.1) is 11.1 Å². The minimum atomic E-state index is -4.62. The highest BCUT2D eigenvalue weighted by Gasteiger charge is 2.31. The third-order valence-electron chi connectivity index (χ3n) is 4.92. The number of hydrogen-bond acceptors (Lipinski definition) is 2. The lowest BCUT2D eigenvalue weighted by Crippen LogP contribution is -2.42. The molecule has 0 aliphatic rings. The fourth-order valence-corrected chi connectivity index (χ4v) is 3.13. The van der Waals surface area contributed by atoms with Crippen LogP contribution in [0.5, 0.6) is 0 Å². The van der Waals surface area contributed by atoms with Gasteiger partial charge in [0.1, 0.15) is 5.82 Å². The number of alkyl halides is 6. The lowest BCUT2D eigenvalue weighted by molar-refractivity contribution is -0.138. The van der Waals surface area contributed by atoms with Crippen LogP contribution in [0, 0.1) is 5.82 Å². The van der Waals surface area contributed by atoms with Gasteiger partial charge >= 0.3 is 24.4 Å². The Balaban J connectivity index is 1.65. The molecule has 0 atom stereocenters. The Morgan fingerprint density at radius 2 is 1.35 bits per heavy atom. The molecule has 0 aliphatic carbocycles. The van der Waals surface area contributed by atoms with E-state index in [0.29, 0.717) is 0 Å². The van der Waals surface area contributed by atoms with Crippen LogP contribution in [0.2, 0.25) is 0 Å². The minimum absolute atomic E-state index is 0.0863. The van der Waals surface area contributed by atoms with Crippen molar-refractivity contribution in [3.63, 3.8) is 0 Å². The van der Waals surface area contributed by atoms with Crippen molar-refractivity contribution in [1.29, 1.82) is 0 Å². The molecule has 3 aromatic carbocycles. The van der Waals surface area contributed by atoms with Crippen LogP contribution in [0.25, 0.3) is 0 Å². The molecular formula is C24H19F7N4O2. The van der Waals surface area contributed by atoms with Gasteiger partial charge in [0.2, 0.25) is 0 Å². The van der Waals surface area contributed by atoms with E-state index < -0.39 is 41.4 Å². The number of carbonyl (C=O) groups excluding carboxylic acids is 2. The lowest BCUT2D eigenvalue weighted by Gasteiger charge is -2.24. The number of urea groups is 2. The van der Waals surface area contributed by atoms with Crippen LogP contribution >= 0.6 is 0 Å². The maximum absolute atomic E-state index is 13.4. The zero-order valence-electron chi connectivity index (χ0n) is 18.8. The average molecular weight is 528 g/mol. The van der Waals surface area contributed by atoms with Gasteiger partial charge in [-0.05, 0) is 66.7 Å². The number of halogens is 7. The fraction of sp³-hybridized carbons (Fsp3) is 0.167. The Kier molecular flexibility index (Phi) is 8.25. The van der Waals surface area contributed by atoms with Gasteiger partial charge < -0.3 is 16.0 Å². The fourth-order valence-electron chi connectivity index (χ4n) is 3.13. The summed E-state index contributed by atoms with van der Waals surface area (Å²) in [5, 5.41) is 7.09. The van der Waals surface area contributed by atoms with E-state index in [-0.39, 0.29) is 30.2 Å². The molecule has 0 fully saturated rings. The molecule has 0 saturated heterocycles. The number of benzene rings is 3. The summed E-state index contributed by atoms with van der Waals surface area (Å²) in [5.74, 6) is -0.587. The highest BCUT2D eigenvalue weighted by atomic mass is 19.4. The zero-order chi connectivity index (χ0) is 27.2. The Bertz CT molecular complexity index is 1230. The van der Waals surface area contributed by atoms with Crippen molar-refractivity contribution in [2.75, 3.05) is 28.6 Å². The number of nitrogens with one attached hydrogen (secondary N) is 3. The second kappa shape index (κ2) is 11.2. The molecule has 0 unspecified atom stereocenters. The van der Waals surface area contributed by atoms with Gasteiger partial charge in [0.25, 0.3) is 0 Å². The van der Waals surface area contributed by atoms with Crippen molar-refractivity contribution >= 4 is 29.1 Å². The molecule has 0 aromatic heterocycles. The van der Waals surface area contributed by atoms with Gasteiger partial charge in [0, 0.05) is 30.2 Å². The molecule has 0 aliphatic heterocycles. The molecule has 0 heterocycles. The van der Waals surface area contributed by atoms with E-state index >= 15 is 0 Å². The number of anilines is 3. The predicted molar refractivity (Wildman–Crippen MR) is 123 cm³/mol. The molecule has 3 N–H and O–H groups in total. The van der Waals surface area contributed by atoms with E-state index in [2.05, 4.69) is 16.0 Å². The van der Waals surface area contributed by atoms with E-state index in [4.69, 9.17) is 0 Å². The maximum atomic E-state index is 13.4. The largest absolute Gasteiger partial charge is 0.416 e. The van der Waals surface area contributed by atoms with E-state index in [9.17, 15) is 40.3 Å². The number of hydrogen-bond donors (Lipinski definition) is 3. The van der Waals surface area contributed by atoms with Crippen molar-refractivity contribution in [2.24, 2.45) is 0 Å². The Hall–Kier alpha value is -4.29. The van der Waals surface area contributed by atoms with Crippen molar-refractivity contribution in [3.05, 3.63) is 89.7 Å². The molecular weight excluding hydrogens is 509 g/mol. The van der Waals surface area contributed by atoms with Gasteiger partial charge in [-0.2, -0.15) is 26.3 Å². The predicted octanol–water partition coefficient (Wildman–Crippen LogP) is 6.72. The number of nitrogens with zero attached hydrogens (tertiary/aromatic N) is 1. The standard InChI is InChI=1S/C24H19F7N4O2/c25-17-6-10-20(11-7-17)35(22(37)34-19-3-1-2-16(14-19)24(29,30)31)13-12-32-21(36)33-18-8-4-15(5-9-18)23(26,27)28/h1-11,14H,12-13H2,(H,34,37)(H2,32,33,36). The summed E-state index contributed by atoms with van der Waals surface area (Å²) in [4.78, 5) is 26.1. The highest BCUT2D eigenvalue weighted by molar-refractivity contribution is 6.01. The van der Waals surface area contributed by atoms with Crippen molar-refractivity contribution in [2.45, 2.75) is 12.4 Å². The van der Waals surface area contributed by atoms with E-state index in [1.54, 1.807) is 0 Å². The molecule has 3 rings (SSSR count). The Morgan fingerprint density at radius 1 is 0.730 bits per heavy atom. The third kappa shape index (κ3) is 7.85. The first-order chi connectivity index (χ1) is 17.3. The molecule has 0 radical (unpaired) electrons. The molecule has 37 heavy (non-hydrogen) atoms. The van der Waals surface area contributed by atoms with Crippen LogP contribution < -0.4 is 20.9 Å². The van der Waals surface area contributed by atoms with Crippen molar-refractivity contribution < 1.29 is 40.3 Å². The molecule has 3 aromatic rings. The number of rotatable bonds is 6. The first kappa shape index (κ1) is 27.3. The third-order valence-corrected chi connectivity index (χ3v) is 4.92. The van der Waals surface area contributed by atoms with Crippen molar-refractivity contribution in [1.82, 2.24) is 5.32 Å². The summed E-state index contributed by atoms with van der Waals surface area (Å²) in [6.45, 7) is -0.350. The number of carbonyl (C=O) groups is 2. The second-order valence-electron chi connectivity index (χ2n) is 7.59. The topological polar surface area (TPSA) is 73.5 Å². The molecule has 0 spiro atoms. The molecule has 4 amide bonds. The van der Waals surface area contributed by atoms with Crippen molar-refractivity contribution in [3.8, 4) is 0 Å². The summed E-state index contributed by atoms with van der Waals surface area (Å²) >= 11 is 0. The minimum Gasteiger partial charge on any atom is -0.336 e. The zero-order valence-corrected chi connectivity index (χ0v) is 18.8. The Labute approximate surface area is 206 Å². The van der Waals surface area contributed by atoms with Crippen LogP contribution in [-0.4, -0.2) is 25.2 Å². The first-order valence-electron chi connectivity index (χ1n) is 10.6. The van der Waals surface area contributed by atoms with Gasteiger partial charge in [-0.15, -0.1) is 0 Å². The molecule has 196 valence electrons. The molecule has 0 saturated carbocycles. The summed E-state index contributed by atoms with van der Waals surface area (Å²) in [7, 11) is 0. The van der Waals surface area contributed by atoms with E-state index in [1.165, 1.54) is 18.2 Å². The van der Waals surface area contributed by atoms with Crippen LogP contribution in [-0.2, 0) is 12.4 Å². The molecule has 6 nitrogen and oxygen atoms in total. The normalized spacial score (nSPS) is 11.5. The second-order valence-corrected chi connectivity index (χ2v) is 7.59. The average Bonchev–Trinajstić information content (AvgIpc) is 2.82. The van der Waals surface area contributed by atoms with Crippen LogP contribution in [0.4, 0.5) is 57.4 Å².